The summed E-state index contributed by atoms with van der Waals surface area (Å²) in [5.41, 5.74) is 2.61. The summed E-state index contributed by atoms with van der Waals surface area (Å²) in [6.07, 6.45) is 3.30. The lowest BCUT2D eigenvalue weighted by molar-refractivity contribution is 0.0685. The number of nitrogens with zero attached hydrogens (tertiary/aromatic N) is 4. The second-order valence-corrected chi connectivity index (χ2v) is 7.26. The highest BCUT2D eigenvalue weighted by molar-refractivity contribution is 5.60. The van der Waals surface area contributed by atoms with Crippen molar-refractivity contribution >= 4 is 5.95 Å². The smallest absolute Gasteiger partial charge is 0.255 e. The molecule has 1 saturated heterocycles. The van der Waals surface area contributed by atoms with Gasteiger partial charge in [0, 0.05) is 38.0 Å². The van der Waals surface area contributed by atoms with Gasteiger partial charge < -0.3 is 9.64 Å². The molecule has 29 heavy (non-hydrogen) atoms. The minimum atomic E-state index is -0.504. The van der Waals surface area contributed by atoms with E-state index in [-0.39, 0.29) is 17.2 Å². The molecule has 1 atom stereocenters. The van der Waals surface area contributed by atoms with Crippen molar-refractivity contribution in [3.05, 3.63) is 76.1 Å². The number of benzene rings is 1. The average molecular weight is 394 g/mol. The second kappa shape index (κ2) is 8.13. The molecule has 3 heterocycles. The maximum absolute atomic E-state index is 14.2. The Bertz CT molecular complexity index is 1070. The van der Waals surface area contributed by atoms with Crippen LogP contribution in [-0.2, 0) is 11.8 Å². The largest absolute Gasteiger partial charge is 0.372 e. The van der Waals surface area contributed by atoms with Crippen molar-refractivity contribution in [2.45, 2.75) is 19.4 Å². The van der Waals surface area contributed by atoms with Gasteiger partial charge in [0.2, 0.25) is 5.95 Å². The lowest BCUT2D eigenvalue weighted by Gasteiger charge is -2.27. The maximum atomic E-state index is 14.2. The summed E-state index contributed by atoms with van der Waals surface area (Å²) in [5.74, 6) is 0.00209. The molecular formula is C22H23FN4O2. The minimum Gasteiger partial charge on any atom is -0.372 e. The van der Waals surface area contributed by atoms with Crippen LogP contribution in [0.25, 0.3) is 11.3 Å². The molecule has 0 spiro atoms. The van der Waals surface area contributed by atoms with Crippen LogP contribution in [0.4, 0.5) is 10.3 Å². The zero-order valence-corrected chi connectivity index (χ0v) is 16.5. The van der Waals surface area contributed by atoms with E-state index in [1.165, 1.54) is 28.5 Å². The summed E-state index contributed by atoms with van der Waals surface area (Å²) >= 11 is 0. The molecule has 2 aromatic heterocycles. The third kappa shape index (κ3) is 4.05. The van der Waals surface area contributed by atoms with E-state index in [9.17, 15) is 9.18 Å². The highest BCUT2D eigenvalue weighted by Crippen LogP contribution is 2.26. The summed E-state index contributed by atoms with van der Waals surface area (Å²) in [4.78, 5) is 23.0. The summed E-state index contributed by atoms with van der Waals surface area (Å²) in [6, 6.07) is 11.1. The van der Waals surface area contributed by atoms with Crippen molar-refractivity contribution < 1.29 is 9.13 Å². The van der Waals surface area contributed by atoms with Gasteiger partial charge in [-0.3, -0.25) is 14.3 Å². The predicted molar refractivity (Wildman–Crippen MR) is 109 cm³/mol. The molecular weight excluding hydrogens is 371 g/mol. The third-order valence-corrected chi connectivity index (χ3v) is 5.17. The molecule has 6 nitrogen and oxygen atoms in total. The monoisotopic (exact) mass is 394 g/mol. The Morgan fingerprint density at radius 3 is 2.76 bits per heavy atom. The summed E-state index contributed by atoms with van der Waals surface area (Å²) in [7, 11) is 1.68. The molecule has 150 valence electrons. The molecule has 4 rings (SSSR count). The number of pyridine rings is 1. The Kier molecular flexibility index (Phi) is 5.40. The van der Waals surface area contributed by atoms with Crippen molar-refractivity contribution in [1.29, 1.82) is 0 Å². The molecule has 0 amide bonds. The molecule has 0 N–H and O–H groups in total. The Morgan fingerprint density at radius 1 is 1.21 bits per heavy atom. The number of aryl methyl sites for hydroxylation is 1. The van der Waals surface area contributed by atoms with Gasteiger partial charge in [-0.2, -0.15) is 0 Å². The van der Waals surface area contributed by atoms with Crippen LogP contribution in [0.5, 0.6) is 0 Å². The molecule has 0 saturated carbocycles. The van der Waals surface area contributed by atoms with Crippen LogP contribution in [0.15, 0.2) is 53.6 Å². The third-order valence-electron chi connectivity index (χ3n) is 5.17. The number of hydrogen-bond acceptors (Lipinski definition) is 5. The Labute approximate surface area is 168 Å². The molecule has 0 aliphatic carbocycles. The Hall–Kier alpha value is -3.06. The molecule has 1 aliphatic heterocycles. The topological polar surface area (TPSA) is 60.2 Å². The van der Waals surface area contributed by atoms with E-state index in [2.05, 4.69) is 34.2 Å². The van der Waals surface area contributed by atoms with Crippen LogP contribution in [-0.4, -0.2) is 34.2 Å². The van der Waals surface area contributed by atoms with Crippen LogP contribution in [0.1, 0.15) is 23.7 Å². The Balaban J connectivity index is 1.71. The first-order valence-electron chi connectivity index (χ1n) is 9.64. The molecule has 3 aromatic rings. The SMILES string of the molecule is Cc1ccc(C2CN(c3nc(-c4ccncc4F)cc(=O)n3C)CCCO2)cc1. The lowest BCUT2D eigenvalue weighted by atomic mass is 10.1. The molecule has 1 fully saturated rings. The predicted octanol–water partition coefficient (Wildman–Crippen LogP) is 3.26. The van der Waals surface area contributed by atoms with Gasteiger partial charge in [-0.05, 0) is 25.0 Å². The quantitative estimate of drug-likeness (QED) is 0.682. The van der Waals surface area contributed by atoms with E-state index in [1.54, 1.807) is 7.05 Å². The fourth-order valence-electron chi connectivity index (χ4n) is 3.52. The van der Waals surface area contributed by atoms with Gasteiger partial charge in [-0.1, -0.05) is 29.8 Å². The van der Waals surface area contributed by atoms with Crippen molar-refractivity contribution in [2.75, 3.05) is 24.6 Å². The van der Waals surface area contributed by atoms with Gasteiger partial charge in [-0.15, -0.1) is 0 Å². The average Bonchev–Trinajstić information content (AvgIpc) is 2.97. The summed E-state index contributed by atoms with van der Waals surface area (Å²) in [5, 5.41) is 0. The zero-order valence-electron chi connectivity index (χ0n) is 16.5. The lowest BCUT2D eigenvalue weighted by Crippen LogP contribution is -2.34. The second-order valence-electron chi connectivity index (χ2n) is 7.26. The first kappa shape index (κ1) is 19.3. The number of halogens is 1. The zero-order chi connectivity index (χ0) is 20.4. The van der Waals surface area contributed by atoms with Crippen LogP contribution >= 0.6 is 0 Å². The van der Waals surface area contributed by atoms with E-state index in [1.807, 2.05) is 11.8 Å². The molecule has 7 heteroatoms. The molecule has 0 bridgehead atoms. The standard InChI is InChI=1S/C22H23FN4O2/c1-15-4-6-16(7-5-15)20-14-27(10-3-11-29-20)22-25-19(12-21(28)26(22)2)17-8-9-24-13-18(17)23/h4-9,12-13,20H,3,10-11,14H2,1-2H3. The van der Waals surface area contributed by atoms with E-state index >= 15 is 0 Å². The van der Waals surface area contributed by atoms with Crippen molar-refractivity contribution in [3.8, 4) is 11.3 Å². The first-order chi connectivity index (χ1) is 14.0. The van der Waals surface area contributed by atoms with Crippen LogP contribution in [0.2, 0.25) is 0 Å². The number of aromatic nitrogens is 3. The van der Waals surface area contributed by atoms with E-state index in [0.29, 0.717) is 31.3 Å². The molecule has 1 unspecified atom stereocenters. The van der Waals surface area contributed by atoms with Crippen molar-refractivity contribution in [1.82, 2.24) is 14.5 Å². The first-order valence-corrected chi connectivity index (χ1v) is 9.64. The maximum Gasteiger partial charge on any atom is 0.255 e. The van der Waals surface area contributed by atoms with E-state index in [0.717, 1.165) is 18.2 Å². The highest BCUT2D eigenvalue weighted by atomic mass is 19.1. The number of rotatable bonds is 3. The summed E-state index contributed by atoms with van der Waals surface area (Å²) in [6.45, 7) is 3.94. The van der Waals surface area contributed by atoms with E-state index in [4.69, 9.17) is 4.74 Å². The minimum absolute atomic E-state index is 0.128. The summed E-state index contributed by atoms with van der Waals surface area (Å²) < 4.78 is 21.8. The number of ether oxygens (including phenoxy) is 1. The van der Waals surface area contributed by atoms with Gasteiger partial charge in [0.05, 0.1) is 18.4 Å². The Morgan fingerprint density at radius 2 is 2.00 bits per heavy atom. The normalized spacial score (nSPS) is 17.2. The van der Waals surface area contributed by atoms with Gasteiger partial charge in [0.1, 0.15) is 6.10 Å². The van der Waals surface area contributed by atoms with Crippen LogP contribution in [0.3, 0.4) is 0 Å². The van der Waals surface area contributed by atoms with Gasteiger partial charge in [-0.25, -0.2) is 9.37 Å². The fourth-order valence-corrected chi connectivity index (χ4v) is 3.52. The molecule has 1 aliphatic rings. The van der Waals surface area contributed by atoms with Crippen molar-refractivity contribution in [2.24, 2.45) is 7.05 Å². The number of hydrogen-bond donors (Lipinski definition) is 0. The van der Waals surface area contributed by atoms with Gasteiger partial charge in [0.25, 0.3) is 5.56 Å². The van der Waals surface area contributed by atoms with Crippen molar-refractivity contribution in [3.63, 3.8) is 0 Å². The fraction of sp³-hybridized carbons (Fsp3) is 0.318. The van der Waals surface area contributed by atoms with E-state index < -0.39 is 5.82 Å². The number of anilines is 1. The van der Waals surface area contributed by atoms with Gasteiger partial charge in [0.15, 0.2) is 5.82 Å². The van der Waals surface area contributed by atoms with Gasteiger partial charge >= 0.3 is 0 Å². The molecule has 1 aromatic carbocycles. The van der Waals surface area contributed by atoms with Crippen LogP contribution in [0, 0.1) is 12.7 Å². The molecule has 0 radical (unpaired) electrons. The van der Waals surface area contributed by atoms with Crippen LogP contribution < -0.4 is 10.5 Å². The highest BCUT2D eigenvalue weighted by Gasteiger charge is 2.24.